The van der Waals surface area contributed by atoms with Crippen molar-refractivity contribution >= 4 is 9.04 Å². The second kappa shape index (κ2) is 8.76. The monoisotopic (exact) mass is 185 g/mol. The average Bonchev–Trinajstić information content (AvgIpc) is 2.08. The fraction of sp³-hybridized carbons (Fsp3) is 0.889. The number of nitriles is 1. The van der Waals surface area contributed by atoms with Crippen molar-refractivity contribution in [3.8, 4) is 6.07 Å². The van der Waals surface area contributed by atoms with E-state index < -0.39 is 9.04 Å². The summed E-state index contributed by atoms with van der Waals surface area (Å²) < 4.78 is 5.66. The molecule has 0 saturated carbocycles. The molecule has 0 bridgehead atoms. The molecule has 3 heteroatoms. The summed E-state index contributed by atoms with van der Waals surface area (Å²) in [4.78, 5) is 0. The molecule has 0 aliphatic carbocycles. The van der Waals surface area contributed by atoms with Crippen molar-refractivity contribution < 1.29 is 4.43 Å². The maximum absolute atomic E-state index is 7.32. The summed E-state index contributed by atoms with van der Waals surface area (Å²) in [5.74, 6) is 0. The molecule has 1 saturated heterocycles. The van der Waals surface area contributed by atoms with E-state index in [0.717, 1.165) is 6.61 Å². The van der Waals surface area contributed by atoms with E-state index >= 15 is 0 Å². The summed E-state index contributed by atoms with van der Waals surface area (Å²) in [6.45, 7) is 4.75. The van der Waals surface area contributed by atoms with Gasteiger partial charge < -0.3 is 4.43 Å². The molecule has 0 spiro atoms. The van der Waals surface area contributed by atoms with Gasteiger partial charge in [-0.2, -0.15) is 5.26 Å². The van der Waals surface area contributed by atoms with Gasteiger partial charge in [-0.1, -0.05) is 19.8 Å². The lowest BCUT2D eigenvalue weighted by Crippen LogP contribution is -2.22. The molecule has 0 radical (unpaired) electrons. The molecule has 2 nitrogen and oxygen atoms in total. The predicted molar refractivity (Wildman–Crippen MR) is 53.5 cm³/mol. The first-order chi connectivity index (χ1) is 5.85. The molecule has 1 atom stereocenters. The minimum atomic E-state index is -0.626. The molecule has 0 amide bonds. The molecule has 1 fully saturated rings. The van der Waals surface area contributed by atoms with E-state index in [0.29, 0.717) is 0 Å². The molecule has 0 aromatic heterocycles. The zero-order valence-corrected chi connectivity index (χ0v) is 9.33. The van der Waals surface area contributed by atoms with E-state index in [1.807, 2.05) is 0 Å². The van der Waals surface area contributed by atoms with Crippen molar-refractivity contribution in [2.24, 2.45) is 0 Å². The standard InChI is InChI=1S/C7H16OSi.C2H3N/c1-2-6-9-7-4-3-5-8-9;1-2-3/h9H,2-7H2,1H3;1H3. The van der Waals surface area contributed by atoms with E-state index in [2.05, 4.69) is 6.92 Å². The topological polar surface area (TPSA) is 33.0 Å². The van der Waals surface area contributed by atoms with Crippen LogP contribution in [0, 0.1) is 11.3 Å². The first-order valence-corrected chi connectivity index (χ1v) is 6.88. The van der Waals surface area contributed by atoms with E-state index in [9.17, 15) is 0 Å². The van der Waals surface area contributed by atoms with Gasteiger partial charge >= 0.3 is 0 Å². The van der Waals surface area contributed by atoms with Crippen LogP contribution >= 0.6 is 0 Å². The Morgan fingerprint density at radius 2 is 2.17 bits per heavy atom. The maximum Gasteiger partial charge on any atom is 0.176 e. The first-order valence-electron chi connectivity index (χ1n) is 4.77. The summed E-state index contributed by atoms with van der Waals surface area (Å²) in [6.07, 6.45) is 4.08. The van der Waals surface area contributed by atoms with Crippen molar-refractivity contribution in [1.29, 1.82) is 5.26 Å². The van der Waals surface area contributed by atoms with Crippen LogP contribution in [0.15, 0.2) is 0 Å². The fourth-order valence-electron chi connectivity index (χ4n) is 1.36. The molecule has 1 heterocycles. The second-order valence-electron chi connectivity index (χ2n) is 3.00. The molecule has 1 aliphatic rings. The van der Waals surface area contributed by atoms with Gasteiger partial charge in [0.15, 0.2) is 9.04 Å². The SMILES string of the molecule is CC#N.CCC[SiH]1CCCCO1. The first kappa shape index (κ1) is 11.7. The molecule has 0 aromatic rings. The van der Waals surface area contributed by atoms with Gasteiger partial charge in [0, 0.05) is 13.5 Å². The summed E-state index contributed by atoms with van der Waals surface area (Å²) in [5.41, 5.74) is 0. The van der Waals surface area contributed by atoms with Crippen molar-refractivity contribution in [3.63, 3.8) is 0 Å². The fourth-order valence-corrected chi connectivity index (χ4v) is 3.87. The van der Waals surface area contributed by atoms with Gasteiger partial charge in [-0.3, -0.25) is 0 Å². The van der Waals surface area contributed by atoms with E-state index in [1.54, 1.807) is 6.07 Å². The molecular formula is C9H19NOSi. The normalized spacial score (nSPS) is 21.9. The van der Waals surface area contributed by atoms with Gasteiger partial charge in [-0.05, 0) is 18.5 Å². The van der Waals surface area contributed by atoms with Gasteiger partial charge in [0.05, 0.1) is 6.07 Å². The van der Waals surface area contributed by atoms with Crippen LogP contribution in [0.1, 0.15) is 33.1 Å². The minimum absolute atomic E-state index is 0.626. The third-order valence-corrected chi connectivity index (χ3v) is 4.87. The third-order valence-electron chi connectivity index (χ3n) is 1.88. The second-order valence-corrected chi connectivity index (χ2v) is 5.73. The molecule has 70 valence electrons. The van der Waals surface area contributed by atoms with Crippen LogP contribution in [-0.4, -0.2) is 15.6 Å². The number of hydrogen-bond acceptors (Lipinski definition) is 2. The lowest BCUT2D eigenvalue weighted by molar-refractivity contribution is 0.286. The molecule has 1 unspecified atom stereocenters. The van der Waals surface area contributed by atoms with Gasteiger partial charge in [0.2, 0.25) is 0 Å². The summed E-state index contributed by atoms with van der Waals surface area (Å²) in [7, 11) is -0.626. The van der Waals surface area contributed by atoms with E-state index in [4.69, 9.17) is 9.69 Å². The summed E-state index contributed by atoms with van der Waals surface area (Å²) >= 11 is 0. The van der Waals surface area contributed by atoms with Crippen LogP contribution in [-0.2, 0) is 4.43 Å². The smallest absolute Gasteiger partial charge is 0.176 e. The minimum Gasteiger partial charge on any atom is -0.420 e. The van der Waals surface area contributed by atoms with Crippen molar-refractivity contribution in [2.75, 3.05) is 6.61 Å². The molecule has 0 N–H and O–H groups in total. The highest BCUT2D eigenvalue weighted by Crippen LogP contribution is 2.14. The maximum atomic E-state index is 7.32. The van der Waals surface area contributed by atoms with E-state index in [1.165, 1.54) is 38.3 Å². The van der Waals surface area contributed by atoms with Crippen molar-refractivity contribution in [2.45, 2.75) is 45.2 Å². The Morgan fingerprint density at radius 3 is 2.58 bits per heavy atom. The zero-order chi connectivity index (χ0) is 9.23. The molecule has 12 heavy (non-hydrogen) atoms. The van der Waals surface area contributed by atoms with Gasteiger partial charge in [-0.15, -0.1) is 0 Å². The molecule has 1 rings (SSSR count). The van der Waals surface area contributed by atoms with Gasteiger partial charge in [-0.25, -0.2) is 0 Å². The predicted octanol–water partition coefficient (Wildman–Crippen LogP) is 2.46. The van der Waals surface area contributed by atoms with Crippen LogP contribution in [0.4, 0.5) is 0 Å². The Balaban J connectivity index is 0.000000354. The van der Waals surface area contributed by atoms with Crippen LogP contribution in [0.3, 0.4) is 0 Å². The highest BCUT2D eigenvalue weighted by atomic mass is 28.3. The summed E-state index contributed by atoms with van der Waals surface area (Å²) in [5, 5.41) is 7.32. The number of nitrogens with zero attached hydrogens (tertiary/aromatic N) is 1. The molecule has 0 aromatic carbocycles. The van der Waals surface area contributed by atoms with Crippen LogP contribution < -0.4 is 0 Å². The van der Waals surface area contributed by atoms with Crippen LogP contribution in [0.2, 0.25) is 12.1 Å². The van der Waals surface area contributed by atoms with Crippen LogP contribution in [0.25, 0.3) is 0 Å². The Hall–Kier alpha value is -0.333. The van der Waals surface area contributed by atoms with Crippen LogP contribution in [0.5, 0.6) is 0 Å². The quantitative estimate of drug-likeness (QED) is 0.619. The summed E-state index contributed by atoms with van der Waals surface area (Å²) in [6, 6.07) is 4.59. The third kappa shape index (κ3) is 6.38. The number of hydrogen-bond donors (Lipinski definition) is 0. The lowest BCUT2D eigenvalue weighted by atomic mass is 10.4. The van der Waals surface area contributed by atoms with E-state index in [-0.39, 0.29) is 0 Å². The Bertz CT molecular complexity index is 124. The zero-order valence-electron chi connectivity index (χ0n) is 8.18. The largest absolute Gasteiger partial charge is 0.420 e. The highest BCUT2D eigenvalue weighted by Gasteiger charge is 2.13. The molecular weight excluding hydrogens is 166 g/mol. The lowest BCUT2D eigenvalue weighted by Gasteiger charge is -2.19. The highest BCUT2D eigenvalue weighted by molar-refractivity contribution is 6.51. The Morgan fingerprint density at radius 1 is 1.50 bits per heavy atom. The average molecular weight is 185 g/mol. The Kier molecular flexibility index (Phi) is 8.52. The van der Waals surface area contributed by atoms with Gasteiger partial charge in [0.1, 0.15) is 0 Å². The Labute approximate surface area is 77.3 Å². The van der Waals surface area contributed by atoms with Gasteiger partial charge in [0.25, 0.3) is 0 Å². The number of rotatable bonds is 2. The molecule has 1 aliphatic heterocycles. The van der Waals surface area contributed by atoms with Crippen molar-refractivity contribution in [1.82, 2.24) is 0 Å². The van der Waals surface area contributed by atoms with Crippen molar-refractivity contribution in [3.05, 3.63) is 0 Å².